The third-order valence-electron chi connectivity index (χ3n) is 3.35. The predicted molar refractivity (Wildman–Crippen MR) is 97.7 cm³/mol. The van der Waals surface area contributed by atoms with Gasteiger partial charge in [-0.1, -0.05) is 30.3 Å². The number of para-hydroxylation sites is 2. The fourth-order valence-corrected chi connectivity index (χ4v) is 2.57. The molecule has 0 aliphatic carbocycles. The normalized spacial score (nSPS) is 10.1. The quantitative estimate of drug-likeness (QED) is 0.676. The molecule has 2 rings (SSSR count). The number of rotatable bonds is 8. The van der Waals surface area contributed by atoms with Crippen LogP contribution in [0.3, 0.4) is 0 Å². The van der Waals surface area contributed by atoms with Gasteiger partial charge in [0.05, 0.1) is 18.1 Å². The third kappa shape index (κ3) is 5.77. The Bertz CT molecular complexity index is 664. The summed E-state index contributed by atoms with van der Waals surface area (Å²) in [6, 6.07) is 15.2. The van der Waals surface area contributed by atoms with Crippen molar-refractivity contribution in [3.05, 3.63) is 58.6 Å². The summed E-state index contributed by atoms with van der Waals surface area (Å²) < 4.78 is 11.8. The zero-order chi connectivity index (χ0) is 17.2. The lowest BCUT2D eigenvalue weighted by Crippen LogP contribution is -2.38. The van der Waals surface area contributed by atoms with E-state index in [2.05, 4.69) is 26.6 Å². The fraction of sp³-hybridized carbons (Fsp3) is 0.278. The molecule has 5 nitrogen and oxygen atoms in total. The highest BCUT2D eigenvalue weighted by atomic mass is 79.9. The summed E-state index contributed by atoms with van der Waals surface area (Å²) in [4.78, 5) is 11.7. The van der Waals surface area contributed by atoms with Crippen molar-refractivity contribution in [1.29, 1.82) is 0 Å². The van der Waals surface area contributed by atoms with Crippen LogP contribution in [0.5, 0.6) is 11.5 Å². The van der Waals surface area contributed by atoms with Crippen molar-refractivity contribution < 1.29 is 14.3 Å². The van der Waals surface area contributed by atoms with Gasteiger partial charge in [-0.2, -0.15) is 0 Å². The molecule has 0 unspecified atom stereocenters. The second-order valence-electron chi connectivity index (χ2n) is 5.02. The monoisotopic (exact) mass is 392 g/mol. The van der Waals surface area contributed by atoms with Gasteiger partial charge in [0, 0.05) is 6.54 Å². The minimum absolute atomic E-state index is 0.208. The first-order chi connectivity index (χ1) is 11.7. The Kier molecular flexibility index (Phi) is 7.42. The van der Waals surface area contributed by atoms with E-state index in [1.165, 1.54) is 0 Å². The van der Waals surface area contributed by atoms with Crippen molar-refractivity contribution in [3.63, 3.8) is 0 Å². The number of carbonyl (C=O) groups excluding carboxylic acids is 1. The Morgan fingerprint density at radius 2 is 1.67 bits per heavy atom. The molecule has 24 heavy (non-hydrogen) atoms. The predicted octanol–water partition coefficient (Wildman–Crippen LogP) is 3.38. The highest BCUT2D eigenvalue weighted by Crippen LogP contribution is 2.23. The third-order valence-corrected chi connectivity index (χ3v) is 4.01. The number of nitrogens with one attached hydrogen (secondary N) is 2. The summed E-state index contributed by atoms with van der Waals surface area (Å²) in [7, 11) is 1.64. The Hall–Kier alpha value is -2.21. The Balaban J connectivity index is 1.62. The molecule has 0 radical (unpaired) electrons. The van der Waals surface area contributed by atoms with Crippen LogP contribution in [-0.4, -0.2) is 32.8 Å². The first-order valence-corrected chi connectivity index (χ1v) is 8.51. The van der Waals surface area contributed by atoms with E-state index in [0.717, 1.165) is 21.5 Å². The summed E-state index contributed by atoms with van der Waals surface area (Å²) in [6.07, 6.45) is 0.713. The second kappa shape index (κ2) is 9.82. The molecule has 0 saturated carbocycles. The Morgan fingerprint density at radius 1 is 1.00 bits per heavy atom. The lowest BCUT2D eigenvalue weighted by molar-refractivity contribution is 0.236. The molecule has 0 heterocycles. The van der Waals surface area contributed by atoms with Gasteiger partial charge in [0.25, 0.3) is 0 Å². The SMILES string of the molecule is COc1ccccc1CCNC(=O)NCCOc1ccccc1Br. The minimum atomic E-state index is -0.208. The summed E-state index contributed by atoms with van der Waals surface area (Å²) in [6.45, 7) is 1.38. The van der Waals surface area contributed by atoms with Crippen molar-refractivity contribution in [1.82, 2.24) is 10.6 Å². The summed E-state index contributed by atoms with van der Waals surface area (Å²) >= 11 is 3.41. The maximum absolute atomic E-state index is 11.7. The average Bonchev–Trinajstić information content (AvgIpc) is 2.60. The maximum Gasteiger partial charge on any atom is 0.314 e. The van der Waals surface area contributed by atoms with Crippen LogP contribution in [0.2, 0.25) is 0 Å². The maximum atomic E-state index is 11.7. The molecule has 0 saturated heterocycles. The zero-order valence-corrected chi connectivity index (χ0v) is 15.1. The van der Waals surface area contributed by atoms with Gasteiger partial charge < -0.3 is 20.1 Å². The van der Waals surface area contributed by atoms with E-state index in [1.807, 2.05) is 48.5 Å². The van der Waals surface area contributed by atoms with Gasteiger partial charge >= 0.3 is 6.03 Å². The van der Waals surface area contributed by atoms with Gasteiger partial charge in [-0.25, -0.2) is 4.79 Å². The Morgan fingerprint density at radius 3 is 2.42 bits per heavy atom. The summed E-state index contributed by atoms with van der Waals surface area (Å²) in [5.74, 6) is 1.59. The molecule has 0 bridgehead atoms. The van der Waals surface area contributed by atoms with Crippen LogP contribution in [-0.2, 0) is 6.42 Å². The highest BCUT2D eigenvalue weighted by molar-refractivity contribution is 9.10. The lowest BCUT2D eigenvalue weighted by Gasteiger charge is -2.11. The molecule has 2 N–H and O–H groups in total. The van der Waals surface area contributed by atoms with E-state index in [-0.39, 0.29) is 6.03 Å². The summed E-state index contributed by atoms with van der Waals surface area (Å²) in [5, 5.41) is 5.59. The number of halogens is 1. The number of hydrogen-bond acceptors (Lipinski definition) is 3. The standard InChI is InChI=1S/C18H21BrN2O3/c1-23-16-8-4-2-6-14(16)10-11-20-18(22)21-12-13-24-17-9-5-3-7-15(17)19/h2-9H,10-13H2,1H3,(H2,20,21,22). The second-order valence-corrected chi connectivity index (χ2v) is 5.88. The number of urea groups is 1. The summed E-state index contributed by atoms with van der Waals surface area (Å²) in [5.41, 5.74) is 1.07. The first kappa shape index (κ1) is 18.1. The minimum Gasteiger partial charge on any atom is -0.496 e. The van der Waals surface area contributed by atoms with Crippen LogP contribution >= 0.6 is 15.9 Å². The van der Waals surface area contributed by atoms with Crippen LogP contribution in [0, 0.1) is 0 Å². The van der Waals surface area contributed by atoms with Gasteiger partial charge in [0.2, 0.25) is 0 Å². The van der Waals surface area contributed by atoms with Crippen molar-refractivity contribution >= 4 is 22.0 Å². The number of hydrogen-bond donors (Lipinski definition) is 2. The van der Waals surface area contributed by atoms with Crippen molar-refractivity contribution in [3.8, 4) is 11.5 Å². The van der Waals surface area contributed by atoms with Gasteiger partial charge in [0.1, 0.15) is 18.1 Å². The van der Waals surface area contributed by atoms with E-state index in [0.29, 0.717) is 26.1 Å². The van der Waals surface area contributed by atoms with Crippen LogP contribution < -0.4 is 20.1 Å². The van der Waals surface area contributed by atoms with E-state index < -0.39 is 0 Å². The number of benzene rings is 2. The molecule has 0 spiro atoms. The molecule has 2 aromatic carbocycles. The fourth-order valence-electron chi connectivity index (χ4n) is 2.17. The van der Waals surface area contributed by atoms with E-state index in [9.17, 15) is 4.79 Å². The van der Waals surface area contributed by atoms with Crippen LogP contribution in [0.15, 0.2) is 53.0 Å². The van der Waals surface area contributed by atoms with Crippen LogP contribution in [0.4, 0.5) is 4.79 Å². The Labute approximate surface area is 150 Å². The zero-order valence-electron chi connectivity index (χ0n) is 13.5. The smallest absolute Gasteiger partial charge is 0.314 e. The lowest BCUT2D eigenvalue weighted by atomic mass is 10.1. The molecule has 0 aliphatic rings. The van der Waals surface area contributed by atoms with Gasteiger partial charge in [0.15, 0.2) is 0 Å². The van der Waals surface area contributed by atoms with Crippen molar-refractivity contribution in [2.75, 3.05) is 26.8 Å². The number of amides is 2. The molecular weight excluding hydrogens is 372 g/mol. The molecular formula is C18H21BrN2O3. The largest absolute Gasteiger partial charge is 0.496 e. The molecule has 0 atom stereocenters. The molecule has 128 valence electrons. The molecule has 0 aromatic heterocycles. The molecule has 0 aliphatic heterocycles. The van der Waals surface area contributed by atoms with Gasteiger partial charge in [-0.3, -0.25) is 0 Å². The average molecular weight is 393 g/mol. The van der Waals surface area contributed by atoms with Crippen molar-refractivity contribution in [2.45, 2.75) is 6.42 Å². The number of methoxy groups -OCH3 is 1. The molecule has 6 heteroatoms. The van der Waals surface area contributed by atoms with Crippen LogP contribution in [0.25, 0.3) is 0 Å². The van der Waals surface area contributed by atoms with Gasteiger partial charge in [-0.15, -0.1) is 0 Å². The number of carbonyl (C=O) groups is 1. The molecule has 2 amide bonds. The van der Waals surface area contributed by atoms with Gasteiger partial charge in [-0.05, 0) is 46.1 Å². The number of ether oxygens (including phenoxy) is 2. The van der Waals surface area contributed by atoms with E-state index in [4.69, 9.17) is 9.47 Å². The molecule has 0 fully saturated rings. The van der Waals surface area contributed by atoms with E-state index >= 15 is 0 Å². The molecule has 2 aromatic rings. The van der Waals surface area contributed by atoms with Crippen molar-refractivity contribution in [2.24, 2.45) is 0 Å². The topological polar surface area (TPSA) is 59.6 Å². The van der Waals surface area contributed by atoms with E-state index in [1.54, 1.807) is 7.11 Å². The first-order valence-electron chi connectivity index (χ1n) is 7.71. The van der Waals surface area contributed by atoms with Crippen LogP contribution in [0.1, 0.15) is 5.56 Å². The highest BCUT2D eigenvalue weighted by Gasteiger charge is 2.04.